The van der Waals surface area contributed by atoms with Gasteiger partial charge in [0.2, 0.25) is 0 Å². The summed E-state index contributed by atoms with van der Waals surface area (Å²) >= 11 is 1.24. The number of phosphoric ester groups is 1. The van der Waals surface area contributed by atoms with Crippen LogP contribution in [0.4, 0.5) is 0 Å². The first-order valence-corrected chi connectivity index (χ1v) is 9.56. The molecular weight excluding hydrogens is 363 g/mol. The fraction of sp³-hybridized carbons (Fsp3) is 0.667. The summed E-state index contributed by atoms with van der Waals surface area (Å²) in [4.78, 5) is 43.2. The molecule has 3 N–H and O–H groups in total. The number of hydrogen-bond donors (Lipinski definition) is 3. The molecule has 10 nitrogen and oxygen atoms in total. The van der Waals surface area contributed by atoms with Crippen LogP contribution in [0.3, 0.4) is 0 Å². The highest BCUT2D eigenvalue weighted by Crippen LogP contribution is 2.51. The maximum atomic E-state index is 12.0. The number of nitrogens with zero attached hydrogens (tertiary/aromatic N) is 1. The maximum Gasteiger partial charge on any atom is 0.469 e. The van der Waals surface area contributed by atoms with Gasteiger partial charge in [-0.1, -0.05) is 0 Å². The lowest BCUT2D eigenvalue weighted by Crippen LogP contribution is -2.36. The molecule has 0 aliphatic carbocycles. The summed E-state index contributed by atoms with van der Waals surface area (Å²) < 4.78 is 28.5. The minimum Gasteiger partial charge on any atom is -0.343 e. The van der Waals surface area contributed by atoms with E-state index < -0.39 is 47.7 Å². The van der Waals surface area contributed by atoms with Gasteiger partial charge < -0.3 is 19.3 Å². The highest BCUT2D eigenvalue weighted by molar-refractivity contribution is 8.00. The molecule has 0 saturated carbocycles. The van der Waals surface area contributed by atoms with Crippen LogP contribution >= 0.6 is 19.6 Å². The van der Waals surface area contributed by atoms with Crippen molar-refractivity contribution in [1.82, 2.24) is 9.55 Å². The zero-order valence-electron chi connectivity index (χ0n) is 12.8. The molecule has 3 heterocycles. The molecule has 0 amide bonds. The fourth-order valence-electron chi connectivity index (χ4n) is 2.82. The molecule has 2 fully saturated rings. The smallest absolute Gasteiger partial charge is 0.343 e. The summed E-state index contributed by atoms with van der Waals surface area (Å²) in [5, 5.41) is -0.972. The Morgan fingerprint density at radius 1 is 1.38 bits per heavy atom. The second-order valence-corrected chi connectivity index (χ2v) is 8.53. The van der Waals surface area contributed by atoms with Crippen molar-refractivity contribution in [1.29, 1.82) is 0 Å². The van der Waals surface area contributed by atoms with Gasteiger partial charge in [0.05, 0.1) is 11.9 Å². The molecule has 24 heavy (non-hydrogen) atoms. The molecule has 1 aromatic heterocycles. The Bertz CT molecular complexity index is 786. The van der Waals surface area contributed by atoms with Gasteiger partial charge in [0, 0.05) is 12.3 Å². The van der Waals surface area contributed by atoms with Crippen molar-refractivity contribution in [2.24, 2.45) is 0 Å². The molecule has 12 heteroatoms. The number of rotatable bonds is 4. The van der Waals surface area contributed by atoms with Gasteiger partial charge in [0.15, 0.2) is 5.79 Å². The highest BCUT2D eigenvalue weighted by Gasteiger charge is 2.55. The Labute approximate surface area is 140 Å². The molecule has 0 spiro atoms. The Morgan fingerprint density at radius 3 is 2.67 bits per heavy atom. The van der Waals surface area contributed by atoms with Gasteiger partial charge in [0.1, 0.15) is 17.6 Å². The van der Waals surface area contributed by atoms with Crippen molar-refractivity contribution in [2.45, 2.75) is 42.5 Å². The minimum atomic E-state index is -4.62. The van der Waals surface area contributed by atoms with Crippen molar-refractivity contribution >= 4 is 19.6 Å². The summed E-state index contributed by atoms with van der Waals surface area (Å²) in [6.45, 7) is 3.16. The minimum absolute atomic E-state index is 0.260. The number of phosphoric acid groups is 1. The first-order chi connectivity index (χ1) is 11.1. The highest BCUT2D eigenvalue weighted by atomic mass is 32.2. The molecule has 4 unspecified atom stereocenters. The molecule has 1 aromatic rings. The molecule has 2 aliphatic heterocycles. The second kappa shape index (κ2) is 6.10. The lowest BCUT2D eigenvalue weighted by atomic mass is 10.1. The summed E-state index contributed by atoms with van der Waals surface area (Å²) in [5.74, 6) is -0.902. The predicted molar refractivity (Wildman–Crippen MR) is 83.6 cm³/mol. The van der Waals surface area contributed by atoms with E-state index in [2.05, 4.69) is 9.51 Å². The average molecular weight is 380 g/mol. The van der Waals surface area contributed by atoms with Crippen LogP contribution in [0.2, 0.25) is 0 Å². The van der Waals surface area contributed by atoms with Crippen LogP contribution in [-0.4, -0.2) is 49.2 Å². The normalized spacial score (nSPS) is 32.0. The zero-order chi connectivity index (χ0) is 17.7. The molecule has 3 rings (SSSR count). The van der Waals surface area contributed by atoms with Crippen molar-refractivity contribution in [3.8, 4) is 0 Å². The summed E-state index contributed by atoms with van der Waals surface area (Å²) in [5.41, 5.74) is -1.11. The van der Waals surface area contributed by atoms with Crippen molar-refractivity contribution in [3.63, 3.8) is 0 Å². The lowest BCUT2D eigenvalue weighted by molar-refractivity contribution is -0.149. The molecule has 0 radical (unpaired) electrons. The topological polar surface area (TPSA) is 140 Å². The van der Waals surface area contributed by atoms with Crippen LogP contribution in [0, 0.1) is 0 Å². The average Bonchev–Trinajstić information content (AvgIpc) is 2.90. The quantitative estimate of drug-likeness (QED) is 0.605. The number of fused-ring (bicyclic) bond motifs is 1. The number of aromatic nitrogens is 2. The van der Waals surface area contributed by atoms with Crippen molar-refractivity contribution in [3.05, 3.63) is 33.1 Å². The standard InChI is InChI=1S/C12H17N2O8PS/c1-12(2)21-8-6(5-20-23(17,18)19)24-10(9(8)22-12)14-4-3-7(15)13-11(14)16/h3-4,6,8-10H,5H2,1-2H3,(H,13,15,16)(H2,17,18,19). The number of thioether (sulfide) groups is 1. The van der Waals surface area contributed by atoms with Gasteiger partial charge in [-0.15, -0.1) is 11.8 Å². The van der Waals surface area contributed by atoms with E-state index >= 15 is 0 Å². The molecule has 4 atom stereocenters. The van der Waals surface area contributed by atoms with Gasteiger partial charge in [-0.2, -0.15) is 0 Å². The number of ether oxygens (including phenoxy) is 2. The van der Waals surface area contributed by atoms with Crippen LogP contribution in [-0.2, 0) is 18.6 Å². The zero-order valence-corrected chi connectivity index (χ0v) is 14.5. The van der Waals surface area contributed by atoms with Gasteiger partial charge in [-0.3, -0.25) is 18.9 Å². The predicted octanol–water partition coefficient (Wildman–Crippen LogP) is -0.220. The maximum absolute atomic E-state index is 12.0. The molecular formula is C12H17N2O8PS. The van der Waals surface area contributed by atoms with Crippen LogP contribution < -0.4 is 11.2 Å². The van der Waals surface area contributed by atoms with Crippen molar-refractivity contribution in [2.75, 3.05) is 6.61 Å². The van der Waals surface area contributed by atoms with Gasteiger partial charge in [-0.25, -0.2) is 9.36 Å². The molecule has 2 saturated heterocycles. The summed E-state index contributed by atoms with van der Waals surface area (Å²) in [6.07, 6.45) is 0.316. The molecule has 2 aliphatic rings. The number of hydrogen-bond acceptors (Lipinski definition) is 7. The SMILES string of the molecule is CC1(C)OC2C(COP(=O)(O)O)SC(n3ccc(=O)[nH]c3=O)C2O1. The van der Waals surface area contributed by atoms with E-state index in [0.29, 0.717) is 0 Å². The second-order valence-electron chi connectivity index (χ2n) is 5.93. The largest absolute Gasteiger partial charge is 0.469 e. The van der Waals surface area contributed by atoms with Crippen LogP contribution in [0.5, 0.6) is 0 Å². The van der Waals surface area contributed by atoms with Gasteiger partial charge >= 0.3 is 13.5 Å². The number of aromatic amines is 1. The Balaban J connectivity index is 1.89. The van der Waals surface area contributed by atoms with E-state index in [0.717, 1.165) is 0 Å². The summed E-state index contributed by atoms with van der Waals surface area (Å²) in [7, 11) is -4.62. The summed E-state index contributed by atoms with van der Waals surface area (Å²) in [6, 6.07) is 1.22. The molecule has 134 valence electrons. The Kier molecular flexibility index (Phi) is 4.54. The van der Waals surface area contributed by atoms with Crippen LogP contribution in [0.25, 0.3) is 0 Å². The first-order valence-electron chi connectivity index (χ1n) is 7.08. The van der Waals surface area contributed by atoms with E-state index in [1.807, 2.05) is 0 Å². The Hall–Kier alpha value is -0.940. The molecule has 0 bridgehead atoms. The van der Waals surface area contributed by atoms with E-state index in [1.165, 1.54) is 28.6 Å². The van der Waals surface area contributed by atoms with Crippen LogP contribution in [0.15, 0.2) is 21.9 Å². The third-order valence-corrected chi connectivity index (χ3v) is 5.67. The van der Waals surface area contributed by atoms with E-state index in [1.54, 1.807) is 13.8 Å². The van der Waals surface area contributed by atoms with Gasteiger partial charge in [0.25, 0.3) is 5.56 Å². The van der Waals surface area contributed by atoms with Gasteiger partial charge in [-0.05, 0) is 13.8 Å². The third kappa shape index (κ3) is 3.67. The Morgan fingerprint density at radius 2 is 2.04 bits per heavy atom. The number of H-pyrrole nitrogens is 1. The number of nitrogens with one attached hydrogen (secondary N) is 1. The van der Waals surface area contributed by atoms with E-state index in [9.17, 15) is 14.2 Å². The monoisotopic (exact) mass is 380 g/mol. The first kappa shape index (κ1) is 17.9. The van der Waals surface area contributed by atoms with E-state index in [4.69, 9.17) is 19.3 Å². The molecule has 0 aromatic carbocycles. The lowest BCUT2D eigenvalue weighted by Gasteiger charge is -2.24. The fourth-order valence-corrected chi connectivity index (χ4v) is 4.80. The third-order valence-electron chi connectivity index (χ3n) is 3.66. The van der Waals surface area contributed by atoms with E-state index in [-0.39, 0.29) is 6.61 Å². The van der Waals surface area contributed by atoms with Crippen LogP contribution in [0.1, 0.15) is 19.2 Å². The van der Waals surface area contributed by atoms with Crippen molar-refractivity contribution < 1.29 is 28.3 Å².